The summed E-state index contributed by atoms with van der Waals surface area (Å²) in [7, 11) is 0. The summed E-state index contributed by atoms with van der Waals surface area (Å²) in [5, 5.41) is 2.97. The monoisotopic (exact) mass is 453 g/mol. The average Bonchev–Trinajstić information content (AvgIpc) is 3.36. The first-order valence-electron chi connectivity index (χ1n) is 11.8. The number of amides is 2. The van der Waals surface area contributed by atoms with Gasteiger partial charge in [-0.05, 0) is 48.6 Å². The summed E-state index contributed by atoms with van der Waals surface area (Å²) in [4.78, 5) is 29.9. The smallest absolute Gasteiger partial charge is 0.248 e. The molecule has 2 aromatic rings. The largest absolute Gasteiger partial charge is 0.367 e. The lowest BCUT2D eigenvalue weighted by atomic mass is 9.95. The molecule has 1 saturated heterocycles. The molecular formula is C26H32FN3O3. The van der Waals surface area contributed by atoms with Crippen molar-refractivity contribution in [2.45, 2.75) is 38.3 Å². The maximum Gasteiger partial charge on any atom is 0.248 e. The van der Waals surface area contributed by atoms with Gasteiger partial charge in [0.1, 0.15) is 12.4 Å². The Kier molecular flexibility index (Phi) is 8.07. The van der Waals surface area contributed by atoms with Gasteiger partial charge in [-0.25, -0.2) is 4.39 Å². The van der Waals surface area contributed by atoms with Crippen LogP contribution in [0.3, 0.4) is 0 Å². The van der Waals surface area contributed by atoms with E-state index in [9.17, 15) is 14.0 Å². The summed E-state index contributed by atoms with van der Waals surface area (Å²) in [6.07, 6.45) is 4.35. The normalized spacial score (nSPS) is 18.3. The third-order valence-corrected chi connectivity index (χ3v) is 6.62. The summed E-state index contributed by atoms with van der Waals surface area (Å²) in [5.41, 5.74) is 1.65. The highest BCUT2D eigenvalue weighted by atomic mass is 19.1. The standard InChI is InChI=1S/C26H32FN3O3/c27-22-10-12-23(13-11-22)28-26(32)25(21-8-4-5-9-21)30-16-14-29(15-17-30)24(31)19-33-18-20-6-2-1-3-7-20/h1-3,6-7,10-13,21,25H,4-5,8-9,14-19H2,(H,28,32). The maximum atomic E-state index is 13.2. The number of halogens is 1. The van der Waals surface area contributed by atoms with E-state index in [1.807, 2.05) is 35.2 Å². The Morgan fingerprint density at radius 1 is 0.970 bits per heavy atom. The number of piperazine rings is 1. The number of carbonyl (C=O) groups is 2. The second kappa shape index (κ2) is 11.4. The van der Waals surface area contributed by atoms with Crippen LogP contribution in [0, 0.1) is 11.7 Å². The Bertz CT molecular complexity index is 908. The van der Waals surface area contributed by atoms with Gasteiger partial charge in [-0.3, -0.25) is 14.5 Å². The van der Waals surface area contributed by atoms with Gasteiger partial charge in [0.25, 0.3) is 0 Å². The minimum Gasteiger partial charge on any atom is -0.367 e. The Balaban J connectivity index is 1.30. The highest BCUT2D eigenvalue weighted by Gasteiger charge is 2.37. The van der Waals surface area contributed by atoms with Gasteiger partial charge in [0, 0.05) is 31.9 Å². The molecule has 0 spiro atoms. The Morgan fingerprint density at radius 3 is 2.30 bits per heavy atom. The summed E-state index contributed by atoms with van der Waals surface area (Å²) < 4.78 is 18.8. The van der Waals surface area contributed by atoms with E-state index in [2.05, 4.69) is 10.2 Å². The predicted octanol–water partition coefficient (Wildman–Crippen LogP) is 3.68. The lowest BCUT2D eigenvalue weighted by Crippen LogP contribution is -2.57. The molecule has 2 fully saturated rings. The van der Waals surface area contributed by atoms with Gasteiger partial charge in [0.2, 0.25) is 11.8 Å². The lowest BCUT2D eigenvalue weighted by Gasteiger charge is -2.40. The summed E-state index contributed by atoms with van der Waals surface area (Å²) >= 11 is 0. The van der Waals surface area contributed by atoms with Crippen molar-refractivity contribution in [3.8, 4) is 0 Å². The van der Waals surface area contributed by atoms with E-state index >= 15 is 0 Å². The zero-order valence-corrected chi connectivity index (χ0v) is 18.9. The number of benzene rings is 2. The van der Waals surface area contributed by atoms with E-state index in [1.54, 1.807) is 12.1 Å². The fraction of sp³-hybridized carbons (Fsp3) is 0.462. The van der Waals surface area contributed by atoms with Crippen molar-refractivity contribution >= 4 is 17.5 Å². The van der Waals surface area contributed by atoms with Crippen LogP contribution < -0.4 is 5.32 Å². The first-order valence-corrected chi connectivity index (χ1v) is 11.8. The van der Waals surface area contributed by atoms with E-state index in [1.165, 1.54) is 12.1 Å². The first-order chi connectivity index (χ1) is 16.1. The quantitative estimate of drug-likeness (QED) is 0.662. The molecule has 0 bridgehead atoms. The van der Waals surface area contributed by atoms with E-state index < -0.39 is 0 Å². The number of ether oxygens (including phenoxy) is 1. The molecule has 1 atom stereocenters. The van der Waals surface area contributed by atoms with Crippen molar-refractivity contribution in [3.63, 3.8) is 0 Å². The van der Waals surface area contributed by atoms with Crippen LogP contribution in [0.5, 0.6) is 0 Å². The van der Waals surface area contributed by atoms with E-state index in [4.69, 9.17) is 4.74 Å². The van der Waals surface area contributed by atoms with Gasteiger partial charge >= 0.3 is 0 Å². The summed E-state index contributed by atoms with van der Waals surface area (Å²) in [6, 6.07) is 15.5. The molecule has 176 valence electrons. The number of hydrogen-bond donors (Lipinski definition) is 1. The highest BCUT2D eigenvalue weighted by Crippen LogP contribution is 2.31. The van der Waals surface area contributed by atoms with Crippen molar-refractivity contribution in [1.82, 2.24) is 9.80 Å². The van der Waals surface area contributed by atoms with Crippen LogP contribution in [0.4, 0.5) is 10.1 Å². The van der Waals surface area contributed by atoms with Gasteiger partial charge in [-0.1, -0.05) is 43.2 Å². The van der Waals surface area contributed by atoms with Crippen molar-refractivity contribution in [3.05, 3.63) is 66.0 Å². The molecule has 7 heteroatoms. The molecule has 2 amide bonds. The predicted molar refractivity (Wildman–Crippen MR) is 125 cm³/mol. The summed E-state index contributed by atoms with van der Waals surface area (Å²) in [6.45, 7) is 2.96. The van der Waals surface area contributed by atoms with Crippen LogP contribution in [0.25, 0.3) is 0 Å². The number of nitrogens with one attached hydrogen (secondary N) is 1. The zero-order chi connectivity index (χ0) is 23.0. The van der Waals surface area contributed by atoms with Crippen LogP contribution in [0.15, 0.2) is 54.6 Å². The van der Waals surface area contributed by atoms with Gasteiger partial charge in [-0.15, -0.1) is 0 Å². The molecule has 1 heterocycles. The number of anilines is 1. The molecule has 6 nitrogen and oxygen atoms in total. The molecule has 0 radical (unpaired) electrons. The second-order valence-corrected chi connectivity index (χ2v) is 8.88. The average molecular weight is 454 g/mol. The zero-order valence-electron chi connectivity index (χ0n) is 18.9. The highest BCUT2D eigenvalue weighted by molar-refractivity contribution is 5.95. The summed E-state index contributed by atoms with van der Waals surface area (Å²) in [5.74, 6) is -0.0750. The molecule has 1 aliphatic heterocycles. The van der Waals surface area contributed by atoms with Crippen LogP contribution in [-0.2, 0) is 20.9 Å². The van der Waals surface area contributed by atoms with Crippen LogP contribution >= 0.6 is 0 Å². The fourth-order valence-electron chi connectivity index (χ4n) is 4.87. The van der Waals surface area contributed by atoms with Crippen molar-refractivity contribution < 1.29 is 18.7 Å². The molecule has 1 N–H and O–H groups in total. The van der Waals surface area contributed by atoms with Gasteiger partial charge < -0.3 is 15.0 Å². The SMILES string of the molecule is O=C(Nc1ccc(F)cc1)C(C1CCCC1)N1CCN(C(=O)COCc2ccccc2)CC1. The topological polar surface area (TPSA) is 61.9 Å². The third-order valence-electron chi connectivity index (χ3n) is 6.62. The molecule has 2 aliphatic rings. The molecule has 4 rings (SSSR count). The van der Waals surface area contributed by atoms with Crippen molar-refractivity contribution in [2.24, 2.45) is 5.92 Å². The first kappa shape index (κ1) is 23.4. The van der Waals surface area contributed by atoms with Crippen LogP contribution in [-0.4, -0.2) is 60.4 Å². The molecule has 2 aromatic carbocycles. The van der Waals surface area contributed by atoms with E-state index in [0.29, 0.717) is 44.4 Å². The number of nitrogens with zero attached hydrogens (tertiary/aromatic N) is 2. The van der Waals surface area contributed by atoms with Crippen molar-refractivity contribution in [2.75, 3.05) is 38.1 Å². The molecule has 1 aliphatic carbocycles. The molecule has 1 saturated carbocycles. The minimum atomic E-state index is -0.325. The van der Waals surface area contributed by atoms with Crippen molar-refractivity contribution in [1.29, 1.82) is 0 Å². The van der Waals surface area contributed by atoms with Gasteiger partial charge in [-0.2, -0.15) is 0 Å². The fourth-order valence-corrected chi connectivity index (χ4v) is 4.87. The molecule has 0 aromatic heterocycles. The molecule has 33 heavy (non-hydrogen) atoms. The van der Waals surface area contributed by atoms with Crippen LogP contribution in [0.1, 0.15) is 31.2 Å². The van der Waals surface area contributed by atoms with E-state index in [0.717, 1.165) is 31.2 Å². The lowest BCUT2D eigenvalue weighted by molar-refractivity contribution is -0.139. The third kappa shape index (κ3) is 6.39. The maximum absolute atomic E-state index is 13.2. The van der Waals surface area contributed by atoms with Gasteiger partial charge in [0.15, 0.2) is 0 Å². The Morgan fingerprint density at radius 2 is 1.64 bits per heavy atom. The second-order valence-electron chi connectivity index (χ2n) is 8.88. The Labute approximate surface area is 194 Å². The van der Waals surface area contributed by atoms with Crippen LogP contribution in [0.2, 0.25) is 0 Å². The number of rotatable bonds is 8. The van der Waals surface area contributed by atoms with Gasteiger partial charge in [0.05, 0.1) is 12.6 Å². The number of hydrogen-bond acceptors (Lipinski definition) is 4. The van der Waals surface area contributed by atoms with E-state index in [-0.39, 0.29) is 30.3 Å². The molecular weight excluding hydrogens is 421 g/mol. The Hall–Kier alpha value is -2.77. The molecule has 1 unspecified atom stereocenters. The number of carbonyl (C=O) groups excluding carboxylic acids is 2. The minimum absolute atomic E-state index is 0.0150.